The van der Waals surface area contributed by atoms with Gasteiger partial charge in [-0.2, -0.15) is 5.10 Å². The van der Waals surface area contributed by atoms with Crippen LogP contribution in [0, 0.1) is 13.8 Å². The fraction of sp³-hybridized carbons (Fsp3) is 0.333. The smallest absolute Gasteiger partial charge is 0.172 e. The maximum atomic E-state index is 12.5. The highest BCUT2D eigenvalue weighted by atomic mass is 79.9. The molecule has 5 heteroatoms. The molecule has 0 aliphatic heterocycles. The normalized spacial score (nSPS) is 10.7. The number of carbonyl (C=O) groups is 1. The lowest BCUT2D eigenvalue weighted by Crippen LogP contribution is -2.10. The summed E-state index contributed by atoms with van der Waals surface area (Å²) in [6.45, 7) is 3.87. The van der Waals surface area contributed by atoms with E-state index in [1.807, 2.05) is 39.1 Å². The first kappa shape index (κ1) is 14.8. The van der Waals surface area contributed by atoms with Crippen molar-refractivity contribution in [3.05, 3.63) is 45.2 Å². The van der Waals surface area contributed by atoms with Crippen molar-refractivity contribution < 1.29 is 9.53 Å². The number of ether oxygens (including phenoxy) is 1. The highest BCUT2D eigenvalue weighted by Crippen LogP contribution is 2.25. The van der Waals surface area contributed by atoms with Crippen molar-refractivity contribution in [2.75, 3.05) is 7.11 Å². The predicted octanol–water partition coefficient (Wildman–Crippen LogP) is 3.23. The molecule has 1 aromatic heterocycles. The van der Waals surface area contributed by atoms with E-state index in [4.69, 9.17) is 4.74 Å². The third-order valence-electron chi connectivity index (χ3n) is 3.25. The van der Waals surface area contributed by atoms with Crippen LogP contribution in [0.5, 0.6) is 5.75 Å². The van der Waals surface area contributed by atoms with Gasteiger partial charge >= 0.3 is 0 Å². The van der Waals surface area contributed by atoms with Crippen molar-refractivity contribution in [3.63, 3.8) is 0 Å². The van der Waals surface area contributed by atoms with Gasteiger partial charge in [0.05, 0.1) is 35.0 Å². The Bertz CT molecular complexity index is 662. The number of Topliss-reactive ketones (excluding diaryl/α,β-unsaturated/α-hetero) is 1. The van der Waals surface area contributed by atoms with E-state index in [1.54, 1.807) is 11.8 Å². The van der Waals surface area contributed by atoms with Gasteiger partial charge in [-0.15, -0.1) is 0 Å². The van der Waals surface area contributed by atoms with Crippen molar-refractivity contribution in [1.29, 1.82) is 0 Å². The summed E-state index contributed by atoms with van der Waals surface area (Å²) >= 11 is 3.49. The second kappa shape index (κ2) is 5.79. The topological polar surface area (TPSA) is 44.1 Å². The second-order valence-corrected chi connectivity index (χ2v) is 5.57. The van der Waals surface area contributed by atoms with E-state index >= 15 is 0 Å². The maximum absolute atomic E-state index is 12.5. The largest absolute Gasteiger partial charge is 0.496 e. The Kier molecular flexibility index (Phi) is 4.28. The molecule has 1 aromatic carbocycles. The molecule has 0 spiro atoms. The lowest BCUT2D eigenvalue weighted by atomic mass is 10.0. The summed E-state index contributed by atoms with van der Waals surface area (Å²) in [5.74, 6) is 0.630. The summed E-state index contributed by atoms with van der Waals surface area (Å²) in [6.07, 6.45) is 0.289. The summed E-state index contributed by atoms with van der Waals surface area (Å²) in [7, 11) is 3.42. The Morgan fingerprint density at radius 3 is 2.65 bits per heavy atom. The molecule has 0 bridgehead atoms. The lowest BCUT2D eigenvalue weighted by molar-refractivity contribution is 0.0987. The lowest BCUT2D eigenvalue weighted by Gasteiger charge is -2.09. The van der Waals surface area contributed by atoms with E-state index in [1.165, 1.54) is 0 Å². The van der Waals surface area contributed by atoms with Crippen LogP contribution in [0.25, 0.3) is 0 Å². The Morgan fingerprint density at radius 2 is 2.10 bits per heavy atom. The summed E-state index contributed by atoms with van der Waals surface area (Å²) < 4.78 is 7.89. The molecule has 0 radical (unpaired) electrons. The van der Waals surface area contributed by atoms with E-state index in [-0.39, 0.29) is 12.2 Å². The third-order valence-corrected chi connectivity index (χ3v) is 4.28. The number of hydrogen-bond donors (Lipinski definition) is 0. The summed E-state index contributed by atoms with van der Waals surface area (Å²) in [6, 6.07) is 5.62. The van der Waals surface area contributed by atoms with Gasteiger partial charge in [0, 0.05) is 7.05 Å². The first-order valence-electron chi connectivity index (χ1n) is 6.30. The van der Waals surface area contributed by atoms with Gasteiger partial charge in [-0.25, -0.2) is 0 Å². The van der Waals surface area contributed by atoms with Gasteiger partial charge in [0.25, 0.3) is 0 Å². The van der Waals surface area contributed by atoms with E-state index in [2.05, 4.69) is 21.0 Å². The molecule has 0 N–H and O–H groups in total. The van der Waals surface area contributed by atoms with Crippen LogP contribution < -0.4 is 4.74 Å². The van der Waals surface area contributed by atoms with Crippen LogP contribution in [0.1, 0.15) is 27.3 Å². The molecule has 0 unspecified atom stereocenters. The minimum absolute atomic E-state index is 0.0225. The van der Waals surface area contributed by atoms with Gasteiger partial charge in [0.2, 0.25) is 0 Å². The monoisotopic (exact) mass is 336 g/mol. The highest BCUT2D eigenvalue weighted by molar-refractivity contribution is 9.10. The van der Waals surface area contributed by atoms with Crippen LogP contribution in [-0.2, 0) is 13.5 Å². The molecule has 2 aromatic rings. The first-order chi connectivity index (χ1) is 9.43. The number of rotatable bonds is 4. The Hall–Kier alpha value is -1.62. The van der Waals surface area contributed by atoms with Crippen molar-refractivity contribution in [1.82, 2.24) is 9.78 Å². The van der Waals surface area contributed by atoms with Crippen molar-refractivity contribution >= 4 is 21.7 Å². The second-order valence-electron chi connectivity index (χ2n) is 4.77. The van der Waals surface area contributed by atoms with E-state index in [0.717, 1.165) is 21.4 Å². The quantitative estimate of drug-likeness (QED) is 0.805. The van der Waals surface area contributed by atoms with Gasteiger partial charge in [0.1, 0.15) is 5.75 Å². The van der Waals surface area contributed by atoms with Gasteiger partial charge in [-0.1, -0.05) is 11.6 Å². The van der Waals surface area contributed by atoms with E-state index < -0.39 is 0 Å². The van der Waals surface area contributed by atoms with Crippen molar-refractivity contribution in [2.45, 2.75) is 20.3 Å². The fourth-order valence-corrected chi connectivity index (χ4v) is 2.64. The van der Waals surface area contributed by atoms with Crippen LogP contribution in [0.2, 0.25) is 0 Å². The third kappa shape index (κ3) is 2.77. The fourth-order valence-electron chi connectivity index (χ4n) is 2.16. The first-order valence-corrected chi connectivity index (χ1v) is 7.09. The molecule has 0 aliphatic rings. The molecule has 2 rings (SSSR count). The standard InChI is InChI=1S/C15H17BrN2O2/c1-9-5-6-14(20-4)11(7-9)13(19)8-12-15(16)10(2)17-18(12)3/h5-7H,8H2,1-4H3. The molecule has 1 heterocycles. The molecule has 106 valence electrons. The molecule has 0 atom stereocenters. The SMILES string of the molecule is COc1ccc(C)cc1C(=O)Cc1c(Br)c(C)nn1C. The number of nitrogens with zero attached hydrogens (tertiary/aromatic N) is 2. The number of aromatic nitrogens is 2. The minimum Gasteiger partial charge on any atom is -0.496 e. The molecule has 4 nitrogen and oxygen atoms in total. The number of halogens is 1. The van der Waals surface area contributed by atoms with Crippen LogP contribution >= 0.6 is 15.9 Å². The number of hydrogen-bond acceptors (Lipinski definition) is 3. The molecular formula is C15H17BrN2O2. The molecule has 0 fully saturated rings. The van der Waals surface area contributed by atoms with E-state index in [0.29, 0.717) is 11.3 Å². The van der Waals surface area contributed by atoms with Crippen LogP contribution in [0.4, 0.5) is 0 Å². The molecule has 0 saturated heterocycles. The number of benzene rings is 1. The average Bonchev–Trinajstić information content (AvgIpc) is 2.65. The maximum Gasteiger partial charge on any atom is 0.172 e. The van der Waals surface area contributed by atoms with Crippen LogP contribution in [-0.4, -0.2) is 22.7 Å². The van der Waals surface area contributed by atoms with Gasteiger partial charge in [0.15, 0.2) is 5.78 Å². The summed E-state index contributed by atoms with van der Waals surface area (Å²) in [4.78, 5) is 12.5. The average molecular weight is 337 g/mol. The van der Waals surface area contributed by atoms with Crippen molar-refractivity contribution in [2.24, 2.45) is 7.05 Å². The predicted molar refractivity (Wildman–Crippen MR) is 81.4 cm³/mol. The molecule has 0 saturated carbocycles. The summed E-state index contributed by atoms with van der Waals surface area (Å²) in [5.41, 5.74) is 3.40. The number of ketones is 1. The van der Waals surface area contributed by atoms with Gasteiger partial charge in [-0.3, -0.25) is 9.48 Å². The summed E-state index contributed by atoms with van der Waals surface area (Å²) in [5, 5.41) is 4.30. The van der Waals surface area contributed by atoms with Gasteiger partial charge < -0.3 is 4.74 Å². The zero-order valence-corrected chi connectivity index (χ0v) is 13.6. The zero-order valence-electron chi connectivity index (χ0n) is 12.0. The van der Waals surface area contributed by atoms with Crippen LogP contribution in [0.15, 0.2) is 22.7 Å². The minimum atomic E-state index is 0.0225. The Labute approximate surface area is 126 Å². The Morgan fingerprint density at radius 1 is 1.40 bits per heavy atom. The van der Waals surface area contributed by atoms with Crippen LogP contribution in [0.3, 0.4) is 0 Å². The van der Waals surface area contributed by atoms with Gasteiger partial charge in [-0.05, 0) is 41.9 Å². The zero-order chi connectivity index (χ0) is 14.9. The number of methoxy groups -OCH3 is 1. The van der Waals surface area contributed by atoms with E-state index in [9.17, 15) is 4.79 Å². The molecule has 20 heavy (non-hydrogen) atoms. The molecule has 0 amide bonds. The molecule has 0 aliphatic carbocycles. The van der Waals surface area contributed by atoms with Crippen molar-refractivity contribution in [3.8, 4) is 5.75 Å². The highest BCUT2D eigenvalue weighted by Gasteiger charge is 2.18. The number of carbonyl (C=O) groups excluding carboxylic acids is 1. The Balaban J connectivity index is 2.35. The number of aryl methyl sites for hydroxylation is 3. The molecular weight excluding hydrogens is 320 g/mol.